The van der Waals surface area contributed by atoms with Crippen LogP contribution in [-0.2, 0) is 0 Å². The predicted molar refractivity (Wildman–Crippen MR) is 176 cm³/mol. The first kappa shape index (κ1) is 24.5. The molecule has 0 saturated heterocycles. The molecule has 206 valence electrons. The molecule has 9 rings (SSSR count). The summed E-state index contributed by atoms with van der Waals surface area (Å²) in [6.07, 6.45) is 0. The van der Waals surface area contributed by atoms with E-state index < -0.39 is 0 Å². The minimum atomic E-state index is 0.574. The van der Waals surface area contributed by atoms with E-state index in [1.165, 1.54) is 0 Å². The molecule has 0 amide bonds. The molecule has 3 aromatic heterocycles. The van der Waals surface area contributed by atoms with Crippen molar-refractivity contribution >= 4 is 43.8 Å². The lowest BCUT2D eigenvalue weighted by molar-refractivity contribution is 0.620. The van der Waals surface area contributed by atoms with Gasteiger partial charge in [-0.2, -0.15) is 0 Å². The Morgan fingerprint density at radius 2 is 0.977 bits per heavy atom. The van der Waals surface area contributed by atoms with E-state index in [-0.39, 0.29) is 0 Å². The van der Waals surface area contributed by atoms with Crippen molar-refractivity contribution < 1.29 is 8.83 Å². The Labute approximate surface area is 252 Å². The molecule has 0 fully saturated rings. The van der Waals surface area contributed by atoms with Crippen LogP contribution in [0.1, 0.15) is 0 Å². The summed E-state index contributed by atoms with van der Waals surface area (Å²) in [6.45, 7) is 0. The Bertz CT molecular complexity index is 2420. The highest BCUT2D eigenvalue weighted by Crippen LogP contribution is 2.40. The largest absolute Gasteiger partial charge is 0.453 e. The van der Waals surface area contributed by atoms with Gasteiger partial charge in [0.25, 0.3) is 0 Å². The Morgan fingerprint density at radius 3 is 1.66 bits per heavy atom. The molecule has 3 heterocycles. The molecule has 0 unspecified atom stereocenters. The number of benzene rings is 6. The van der Waals surface area contributed by atoms with Crippen LogP contribution in [0.5, 0.6) is 0 Å². The molecule has 6 aromatic carbocycles. The lowest BCUT2D eigenvalue weighted by atomic mass is 10.00. The fraction of sp³-hybridized carbons (Fsp3) is 0. The molecule has 0 spiro atoms. The first-order valence-corrected chi connectivity index (χ1v) is 14.5. The Balaban J connectivity index is 1.26. The highest BCUT2D eigenvalue weighted by atomic mass is 16.4. The lowest BCUT2D eigenvalue weighted by Crippen LogP contribution is -1.96. The zero-order chi connectivity index (χ0) is 29.0. The van der Waals surface area contributed by atoms with Gasteiger partial charge in [-0.3, -0.25) is 0 Å². The summed E-state index contributed by atoms with van der Waals surface area (Å²) in [4.78, 5) is 15.0. The molecule has 0 aliphatic rings. The van der Waals surface area contributed by atoms with Crippen LogP contribution in [0.25, 0.3) is 89.2 Å². The zero-order valence-corrected chi connectivity index (χ0v) is 23.4. The van der Waals surface area contributed by atoms with Gasteiger partial charge in [0.1, 0.15) is 5.58 Å². The van der Waals surface area contributed by atoms with Crippen LogP contribution in [-0.4, -0.2) is 15.0 Å². The van der Waals surface area contributed by atoms with Crippen molar-refractivity contribution in [1.29, 1.82) is 0 Å². The maximum atomic E-state index is 6.64. The van der Waals surface area contributed by atoms with Crippen molar-refractivity contribution in [2.45, 2.75) is 0 Å². The van der Waals surface area contributed by atoms with Gasteiger partial charge in [-0.05, 0) is 41.8 Å². The predicted octanol–water partition coefficient (Wildman–Crippen LogP) is 10.3. The van der Waals surface area contributed by atoms with E-state index >= 15 is 0 Å². The Kier molecular flexibility index (Phi) is 5.43. The molecule has 0 atom stereocenters. The Morgan fingerprint density at radius 1 is 0.409 bits per heavy atom. The van der Waals surface area contributed by atoms with Gasteiger partial charge in [0.2, 0.25) is 5.89 Å². The fourth-order valence-corrected chi connectivity index (χ4v) is 6.02. The van der Waals surface area contributed by atoms with Crippen LogP contribution in [0.2, 0.25) is 0 Å². The molecule has 0 N–H and O–H groups in total. The smallest absolute Gasteiger partial charge is 0.227 e. The minimum Gasteiger partial charge on any atom is -0.453 e. The summed E-state index contributed by atoms with van der Waals surface area (Å²) in [5.74, 6) is 1.24. The highest BCUT2D eigenvalue weighted by molar-refractivity contribution is 6.20. The molecule has 0 bridgehead atoms. The highest BCUT2D eigenvalue weighted by Gasteiger charge is 2.19. The molecule has 5 nitrogen and oxygen atoms in total. The number of rotatable bonds is 4. The van der Waals surface area contributed by atoms with Gasteiger partial charge >= 0.3 is 0 Å². The summed E-state index contributed by atoms with van der Waals surface area (Å²) >= 11 is 0. The molecule has 44 heavy (non-hydrogen) atoms. The van der Waals surface area contributed by atoms with E-state index in [1.54, 1.807) is 0 Å². The summed E-state index contributed by atoms with van der Waals surface area (Å²) in [5.41, 5.74) is 8.63. The molecular weight excluding hydrogens is 542 g/mol. The average molecular weight is 566 g/mol. The van der Waals surface area contributed by atoms with Crippen LogP contribution in [0.15, 0.2) is 148 Å². The van der Waals surface area contributed by atoms with Crippen LogP contribution >= 0.6 is 0 Å². The first-order valence-electron chi connectivity index (χ1n) is 14.5. The molecule has 0 radical (unpaired) electrons. The number of aromatic nitrogens is 3. The van der Waals surface area contributed by atoms with Gasteiger partial charge in [-0.1, -0.05) is 103 Å². The third kappa shape index (κ3) is 3.91. The lowest BCUT2D eigenvalue weighted by Gasteiger charge is -2.11. The average Bonchev–Trinajstić information content (AvgIpc) is 3.71. The third-order valence-corrected chi connectivity index (χ3v) is 8.15. The molecular formula is C39H23N3O2. The van der Waals surface area contributed by atoms with Gasteiger partial charge in [0, 0.05) is 38.4 Å². The number of hydrogen-bond donors (Lipinski definition) is 0. The number of fused-ring (bicyclic) bond motifs is 7. The molecule has 9 aromatic rings. The Hall–Kier alpha value is -6.07. The second-order valence-electron chi connectivity index (χ2n) is 10.8. The van der Waals surface area contributed by atoms with Crippen LogP contribution < -0.4 is 0 Å². The maximum absolute atomic E-state index is 6.64. The summed E-state index contributed by atoms with van der Waals surface area (Å²) in [6, 6.07) is 47.0. The zero-order valence-electron chi connectivity index (χ0n) is 23.4. The van der Waals surface area contributed by atoms with Gasteiger partial charge in [0.05, 0.1) is 11.4 Å². The number of nitrogens with zero attached hydrogens (tertiary/aromatic N) is 3. The number of hydrogen-bond acceptors (Lipinski definition) is 5. The maximum Gasteiger partial charge on any atom is 0.227 e. The normalized spacial score (nSPS) is 11.6. The first-order chi connectivity index (χ1) is 21.8. The van der Waals surface area contributed by atoms with Crippen LogP contribution in [0, 0.1) is 0 Å². The van der Waals surface area contributed by atoms with Crippen molar-refractivity contribution in [3.05, 3.63) is 140 Å². The second-order valence-corrected chi connectivity index (χ2v) is 10.8. The van der Waals surface area contributed by atoms with Gasteiger partial charge in [-0.25, -0.2) is 15.0 Å². The molecule has 0 aliphatic heterocycles. The van der Waals surface area contributed by atoms with Crippen molar-refractivity contribution in [2.24, 2.45) is 0 Å². The van der Waals surface area contributed by atoms with Crippen molar-refractivity contribution in [2.75, 3.05) is 0 Å². The monoisotopic (exact) mass is 565 g/mol. The van der Waals surface area contributed by atoms with E-state index in [1.807, 2.05) is 78.9 Å². The van der Waals surface area contributed by atoms with Gasteiger partial charge in [-0.15, -0.1) is 0 Å². The third-order valence-electron chi connectivity index (χ3n) is 8.15. The quantitative estimate of drug-likeness (QED) is 0.212. The van der Waals surface area contributed by atoms with E-state index in [0.29, 0.717) is 22.8 Å². The minimum absolute atomic E-state index is 0.574. The molecule has 0 saturated carbocycles. The van der Waals surface area contributed by atoms with Crippen molar-refractivity contribution in [1.82, 2.24) is 15.0 Å². The number of furan rings is 1. The second kappa shape index (κ2) is 9.75. The topological polar surface area (TPSA) is 65.0 Å². The molecule has 5 heteroatoms. The molecule has 0 aliphatic carbocycles. The van der Waals surface area contributed by atoms with E-state index in [4.69, 9.17) is 23.8 Å². The fourth-order valence-electron chi connectivity index (χ4n) is 6.02. The number of oxazole rings is 1. The summed E-state index contributed by atoms with van der Waals surface area (Å²) in [7, 11) is 0. The van der Waals surface area contributed by atoms with Crippen molar-refractivity contribution in [3.8, 4) is 45.4 Å². The van der Waals surface area contributed by atoms with Gasteiger partial charge < -0.3 is 8.83 Å². The standard InChI is InChI=1S/C39H23N3O2/c1-4-11-24(12-5-1)32-23-33(25-13-6-2-7-14-25)41-38(40-32)31-18-10-17-28-27(31)19-20-29-30-21-22-34-35(37(30)44-36(28)29)42-39(43-34)26-15-8-3-9-16-26/h1-23H. The summed E-state index contributed by atoms with van der Waals surface area (Å²) in [5, 5.41) is 4.04. The summed E-state index contributed by atoms with van der Waals surface area (Å²) < 4.78 is 12.8. The van der Waals surface area contributed by atoms with Crippen molar-refractivity contribution in [3.63, 3.8) is 0 Å². The van der Waals surface area contributed by atoms with Crippen LogP contribution in [0.3, 0.4) is 0 Å². The van der Waals surface area contributed by atoms with E-state index in [9.17, 15) is 0 Å². The van der Waals surface area contributed by atoms with Crippen LogP contribution in [0.4, 0.5) is 0 Å². The SMILES string of the molecule is c1ccc(-c2cc(-c3ccccc3)nc(-c3cccc4c3ccc3c5ccc6oc(-c7ccccc7)nc6c5oc43)n2)cc1. The van der Waals surface area contributed by atoms with E-state index in [0.717, 1.165) is 66.4 Å². The van der Waals surface area contributed by atoms with E-state index in [2.05, 4.69) is 60.7 Å². The van der Waals surface area contributed by atoms with Gasteiger partial charge in [0.15, 0.2) is 22.5 Å².